The van der Waals surface area contributed by atoms with Gasteiger partial charge in [-0.05, 0) is 140 Å². The second kappa shape index (κ2) is 36.8. The molecule has 2 rings (SSSR count). The molecular formula is C53H38N2O10. The summed E-state index contributed by atoms with van der Waals surface area (Å²) in [4.78, 5) is 53.8. The largest absolute Gasteiger partial charge is 0.458 e. The molecule has 0 amide bonds. The van der Waals surface area contributed by atoms with E-state index in [0.717, 1.165) is 0 Å². The molecule has 0 aromatic heterocycles. The van der Waals surface area contributed by atoms with Gasteiger partial charge in [0.2, 0.25) is 0 Å². The van der Waals surface area contributed by atoms with Crippen LogP contribution in [0.15, 0.2) is 36.4 Å². The summed E-state index contributed by atoms with van der Waals surface area (Å²) < 4.78 is 19.9. The Hall–Kier alpha value is -10.2. The van der Waals surface area contributed by atoms with Gasteiger partial charge >= 0.3 is 23.9 Å². The molecule has 320 valence electrons. The van der Waals surface area contributed by atoms with Gasteiger partial charge in [-0.15, -0.1) is 6.42 Å². The number of anilines is 1. The Morgan fingerprint density at radius 2 is 0.846 bits per heavy atom. The first kappa shape index (κ1) is 56.9. The van der Waals surface area contributed by atoms with Crippen molar-refractivity contribution in [2.24, 2.45) is 0 Å². The number of hydrogen-bond acceptors (Lipinski definition) is 11. The van der Waals surface area contributed by atoms with Crippen LogP contribution in [0.1, 0.15) is 85.6 Å². The highest BCUT2D eigenvalue weighted by Gasteiger charge is 2.20. The molecule has 2 unspecified atom stereocenters. The average molecular weight is 863 g/mol. The molecule has 12 nitrogen and oxygen atoms in total. The molecule has 0 aliphatic heterocycles. The highest BCUT2D eigenvalue weighted by molar-refractivity contribution is 5.71. The van der Waals surface area contributed by atoms with Crippen LogP contribution in [0.25, 0.3) is 0 Å². The van der Waals surface area contributed by atoms with E-state index in [9.17, 15) is 29.3 Å². The van der Waals surface area contributed by atoms with Gasteiger partial charge in [-0.3, -0.25) is 29.3 Å². The number of terminal acetylenes is 1. The predicted molar refractivity (Wildman–Crippen MR) is 246 cm³/mol. The Bertz CT molecular complexity index is 2940. The summed E-state index contributed by atoms with van der Waals surface area (Å²) in [6.45, 7) is 14.0. The maximum atomic E-state index is 11.0. The van der Waals surface area contributed by atoms with Crippen LogP contribution in [-0.2, 0) is 28.7 Å². The van der Waals surface area contributed by atoms with Gasteiger partial charge in [-0.1, -0.05) is 19.8 Å². The highest BCUT2D eigenvalue weighted by atomic mass is 16.6. The van der Waals surface area contributed by atoms with Crippen LogP contribution in [0.5, 0.6) is 11.5 Å². The number of nitro groups is 1. The number of esters is 4. The summed E-state index contributed by atoms with van der Waals surface area (Å²) in [7, 11) is 0. The van der Waals surface area contributed by atoms with Crippen molar-refractivity contribution in [1.82, 2.24) is 0 Å². The summed E-state index contributed by atoms with van der Waals surface area (Å²) in [6, 6.07) is 8.53. The van der Waals surface area contributed by atoms with Gasteiger partial charge in [0.1, 0.15) is 23.7 Å². The quantitative estimate of drug-likeness (QED) is 0.0908. The number of carbonyl (C=O) groups excluding carboxylic acids is 4. The molecule has 0 heterocycles. The van der Waals surface area contributed by atoms with E-state index in [2.05, 4.69) is 148 Å². The molecule has 0 fully saturated rings. The Kier molecular flexibility index (Phi) is 32.3. The minimum atomic E-state index is -0.758. The van der Waals surface area contributed by atoms with Crippen LogP contribution in [0.4, 0.5) is 11.4 Å². The first-order valence-corrected chi connectivity index (χ1v) is 18.4. The minimum Gasteiger partial charge on any atom is -0.458 e. The van der Waals surface area contributed by atoms with E-state index in [4.69, 9.17) is 31.1 Å². The van der Waals surface area contributed by atoms with E-state index in [1.807, 2.05) is 13.8 Å². The van der Waals surface area contributed by atoms with Crippen molar-refractivity contribution in [2.75, 3.05) is 5.73 Å². The van der Waals surface area contributed by atoms with Gasteiger partial charge in [-0.2, -0.15) is 0 Å². The van der Waals surface area contributed by atoms with Crippen LogP contribution in [0.3, 0.4) is 0 Å². The summed E-state index contributed by atoms with van der Waals surface area (Å²) in [6.07, 6.45) is 3.63. The second-order valence-corrected chi connectivity index (χ2v) is 10.7. The zero-order valence-electron chi connectivity index (χ0n) is 36.8. The zero-order chi connectivity index (χ0) is 49.3. The standard InChI is InChI=1S/C27H4.C12H13NO6.C12H15NO4.C2H6/c1-3-5-7-9-11-13-15-17-19-21-23-25-27-26-24-22-20-18-16-14-12-10-8-6-4-2;1-7(18-8(2)14)11-6-10(13(16)17)4-5-12(11)19-9(3)15;1-7(16-8(2)14)11-6-10(13)4-5-12(11)17-9(3)15;1-2/h1H,2H3;4-7H,1-3H3;4-7H,13H2,1-3H3;1-2H3. The fourth-order valence-electron chi connectivity index (χ4n) is 3.73. The molecule has 0 saturated heterocycles. The number of benzene rings is 2. The van der Waals surface area contributed by atoms with Crippen LogP contribution >= 0.6 is 0 Å². The fourth-order valence-corrected chi connectivity index (χ4v) is 3.73. The maximum absolute atomic E-state index is 11.0. The molecule has 2 aromatic rings. The number of non-ortho nitro benzene ring substituents is 1. The van der Waals surface area contributed by atoms with Crippen molar-refractivity contribution < 1.29 is 43.0 Å². The van der Waals surface area contributed by atoms with Crippen molar-refractivity contribution in [3.63, 3.8) is 0 Å². The molecule has 0 aliphatic carbocycles. The molecule has 2 atom stereocenters. The van der Waals surface area contributed by atoms with E-state index in [-0.39, 0.29) is 17.0 Å². The fraction of sp³-hybridized carbons (Fsp3) is 0.208. The minimum absolute atomic E-state index is 0.131. The third-order valence-corrected chi connectivity index (χ3v) is 5.88. The summed E-state index contributed by atoms with van der Waals surface area (Å²) in [5.41, 5.74) is 6.81. The number of nitrogen functional groups attached to an aromatic ring is 1. The summed E-state index contributed by atoms with van der Waals surface area (Å²) >= 11 is 0. The van der Waals surface area contributed by atoms with Gasteiger partial charge in [0, 0.05) is 104 Å². The summed E-state index contributed by atoms with van der Waals surface area (Å²) in [5.74, 6) is 60.4. The molecule has 0 saturated carbocycles. The van der Waals surface area contributed by atoms with Crippen molar-refractivity contribution in [3.05, 3.63) is 57.6 Å². The summed E-state index contributed by atoms with van der Waals surface area (Å²) in [5, 5.41) is 10.7. The van der Waals surface area contributed by atoms with Gasteiger partial charge in [0.15, 0.2) is 0 Å². The lowest BCUT2D eigenvalue weighted by atomic mass is 10.1. The lowest BCUT2D eigenvalue weighted by Gasteiger charge is -2.16. The Balaban J connectivity index is 0. The number of nitrogens with two attached hydrogens (primary N) is 1. The van der Waals surface area contributed by atoms with E-state index >= 15 is 0 Å². The van der Waals surface area contributed by atoms with Crippen molar-refractivity contribution in [2.45, 2.75) is 74.5 Å². The van der Waals surface area contributed by atoms with Crippen LogP contribution in [0, 0.1) is 165 Å². The molecular weight excluding hydrogens is 825 g/mol. The second-order valence-electron chi connectivity index (χ2n) is 10.7. The van der Waals surface area contributed by atoms with E-state index in [1.54, 1.807) is 32.0 Å². The Morgan fingerprint density at radius 3 is 1.14 bits per heavy atom. The van der Waals surface area contributed by atoms with Crippen LogP contribution < -0.4 is 15.2 Å². The maximum Gasteiger partial charge on any atom is 0.308 e. The molecule has 0 spiro atoms. The Labute approximate surface area is 381 Å². The molecule has 0 bridgehead atoms. The van der Waals surface area contributed by atoms with Gasteiger partial charge in [0.25, 0.3) is 5.69 Å². The number of ether oxygens (including phenoxy) is 4. The highest BCUT2D eigenvalue weighted by Crippen LogP contribution is 2.32. The average Bonchev–Trinajstić information content (AvgIpc) is 3.25. The smallest absolute Gasteiger partial charge is 0.308 e. The molecule has 0 aliphatic rings. The van der Waals surface area contributed by atoms with E-state index in [0.29, 0.717) is 17.0 Å². The lowest BCUT2D eigenvalue weighted by molar-refractivity contribution is -0.385. The van der Waals surface area contributed by atoms with E-state index < -0.39 is 41.0 Å². The third kappa shape index (κ3) is 31.4. The van der Waals surface area contributed by atoms with E-state index in [1.165, 1.54) is 52.8 Å². The Morgan fingerprint density at radius 1 is 0.538 bits per heavy atom. The predicted octanol–water partition coefficient (Wildman–Crippen LogP) is 5.67. The van der Waals surface area contributed by atoms with Crippen molar-refractivity contribution in [3.8, 4) is 166 Å². The zero-order valence-corrected chi connectivity index (χ0v) is 36.8. The molecule has 65 heavy (non-hydrogen) atoms. The SMILES string of the molecule is C#CC#CC#CC#CC#CC#CC#CC#CC#CC#CC#CC#CC#CC.CC.CC(=O)Oc1ccc(N)cc1C(C)OC(C)=O.CC(=O)Oc1ccc([N+](=O)[O-])cc1C(C)OC(C)=O. The third-order valence-electron chi connectivity index (χ3n) is 5.88. The molecule has 0 radical (unpaired) electrons. The van der Waals surface area contributed by atoms with Crippen LogP contribution in [0.2, 0.25) is 0 Å². The number of nitrogens with zero attached hydrogens (tertiary/aromatic N) is 1. The van der Waals surface area contributed by atoms with Crippen molar-refractivity contribution in [1.29, 1.82) is 0 Å². The number of carbonyl (C=O) groups is 4. The van der Waals surface area contributed by atoms with Crippen molar-refractivity contribution >= 4 is 35.3 Å². The van der Waals surface area contributed by atoms with Gasteiger partial charge in [0.05, 0.1) is 4.92 Å². The normalized spacial score (nSPS) is 8.12. The number of hydrogen-bond donors (Lipinski definition) is 1. The number of rotatable bonds is 7. The van der Waals surface area contributed by atoms with Gasteiger partial charge in [-0.25, -0.2) is 0 Å². The molecule has 2 aromatic carbocycles. The topological polar surface area (TPSA) is 174 Å². The monoisotopic (exact) mass is 862 g/mol. The lowest BCUT2D eigenvalue weighted by Crippen LogP contribution is -2.10. The molecule has 12 heteroatoms. The van der Waals surface area contributed by atoms with Gasteiger partial charge < -0.3 is 24.7 Å². The first-order valence-electron chi connectivity index (χ1n) is 18.4. The molecule has 2 N–H and O–H groups in total. The first-order chi connectivity index (χ1) is 31.1. The number of nitro benzene ring substituents is 1. The van der Waals surface area contributed by atoms with Crippen LogP contribution in [-0.4, -0.2) is 28.8 Å².